The Morgan fingerprint density at radius 2 is 2.37 bits per heavy atom. The molecule has 1 amide bonds. The van der Waals surface area contributed by atoms with Gasteiger partial charge in [0.05, 0.1) is 18.4 Å². The summed E-state index contributed by atoms with van der Waals surface area (Å²) in [7, 11) is 1.63. The van der Waals surface area contributed by atoms with Crippen molar-refractivity contribution < 1.29 is 13.9 Å². The lowest BCUT2D eigenvalue weighted by Crippen LogP contribution is -2.31. The molecule has 0 radical (unpaired) electrons. The summed E-state index contributed by atoms with van der Waals surface area (Å²) in [6.07, 6.45) is 3.46. The van der Waals surface area contributed by atoms with Crippen molar-refractivity contribution in [1.82, 2.24) is 9.88 Å². The molecule has 0 bridgehead atoms. The van der Waals surface area contributed by atoms with Crippen molar-refractivity contribution in [2.24, 2.45) is 5.92 Å². The van der Waals surface area contributed by atoms with Crippen molar-refractivity contribution >= 4 is 11.7 Å². The smallest absolute Gasteiger partial charge is 0.257 e. The van der Waals surface area contributed by atoms with E-state index < -0.39 is 5.82 Å². The third kappa shape index (κ3) is 3.89. The molecule has 0 aromatic carbocycles. The zero-order chi connectivity index (χ0) is 13.8. The fraction of sp³-hybridized carbons (Fsp3) is 0.538. The molecule has 1 fully saturated rings. The van der Waals surface area contributed by atoms with Crippen LogP contribution in [0.4, 0.5) is 10.2 Å². The molecule has 1 saturated carbocycles. The Labute approximate surface area is 111 Å². The zero-order valence-corrected chi connectivity index (χ0v) is 10.9. The van der Waals surface area contributed by atoms with E-state index >= 15 is 0 Å². The molecule has 0 aliphatic heterocycles. The molecule has 0 saturated heterocycles. The molecule has 6 heteroatoms. The van der Waals surface area contributed by atoms with E-state index in [2.05, 4.69) is 4.98 Å². The van der Waals surface area contributed by atoms with Gasteiger partial charge in [-0.2, -0.15) is 0 Å². The first-order valence-electron chi connectivity index (χ1n) is 6.32. The second kappa shape index (κ2) is 5.97. The Morgan fingerprint density at radius 3 is 3.05 bits per heavy atom. The number of carbonyl (C=O) groups excluding carboxylic acids is 1. The monoisotopic (exact) mass is 267 g/mol. The highest BCUT2D eigenvalue weighted by atomic mass is 19.1. The van der Waals surface area contributed by atoms with Crippen LogP contribution in [0.5, 0.6) is 0 Å². The lowest BCUT2D eigenvalue weighted by atomic mass is 10.2. The van der Waals surface area contributed by atoms with Crippen LogP contribution in [-0.2, 0) is 4.74 Å². The average molecular weight is 267 g/mol. The number of anilines is 1. The van der Waals surface area contributed by atoms with Crippen molar-refractivity contribution in [2.75, 3.05) is 32.5 Å². The van der Waals surface area contributed by atoms with E-state index in [0.717, 1.165) is 18.9 Å². The number of nitrogens with two attached hydrogens (primary N) is 1. The summed E-state index contributed by atoms with van der Waals surface area (Å²) < 4.78 is 18.5. The van der Waals surface area contributed by atoms with Gasteiger partial charge < -0.3 is 15.4 Å². The highest BCUT2D eigenvalue weighted by Crippen LogP contribution is 2.28. The molecule has 1 aromatic rings. The molecule has 5 nitrogen and oxygen atoms in total. The second-order valence-electron chi connectivity index (χ2n) is 4.83. The van der Waals surface area contributed by atoms with E-state index in [1.54, 1.807) is 7.05 Å². The molecule has 104 valence electrons. The van der Waals surface area contributed by atoms with Crippen molar-refractivity contribution in [3.8, 4) is 0 Å². The van der Waals surface area contributed by atoms with Crippen molar-refractivity contribution in [2.45, 2.75) is 12.8 Å². The molecule has 19 heavy (non-hydrogen) atoms. The van der Waals surface area contributed by atoms with Crippen molar-refractivity contribution in [3.63, 3.8) is 0 Å². The normalized spacial score (nSPS) is 14.4. The van der Waals surface area contributed by atoms with Crippen LogP contribution in [0.2, 0.25) is 0 Å². The van der Waals surface area contributed by atoms with E-state index in [4.69, 9.17) is 10.5 Å². The Balaban J connectivity index is 1.84. The van der Waals surface area contributed by atoms with Gasteiger partial charge in [0.2, 0.25) is 0 Å². The zero-order valence-electron chi connectivity index (χ0n) is 10.9. The minimum atomic E-state index is -0.573. The third-order valence-corrected chi connectivity index (χ3v) is 3.08. The predicted molar refractivity (Wildman–Crippen MR) is 69.1 cm³/mol. The van der Waals surface area contributed by atoms with Gasteiger partial charge in [-0.1, -0.05) is 0 Å². The fourth-order valence-electron chi connectivity index (χ4n) is 1.66. The molecule has 0 atom stereocenters. The van der Waals surface area contributed by atoms with Crippen LogP contribution in [0.25, 0.3) is 0 Å². The van der Waals surface area contributed by atoms with Gasteiger partial charge in [0.1, 0.15) is 11.6 Å². The van der Waals surface area contributed by atoms with E-state index in [0.29, 0.717) is 19.1 Å². The number of carbonyl (C=O) groups is 1. The van der Waals surface area contributed by atoms with Crippen LogP contribution in [0, 0.1) is 11.7 Å². The van der Waals surface area contributed by atoms with E-state index in [1.807, 2.05) is 0 Å². The van der Waals surface area contributed by atoms with Gasteiger partial charge in [0, 0.05) is 20.2 Å². The average Bonchev–Trinajstić information content (AvgIpc) is 3.20. The van der Waals surface area contributed by atoms with Gasteiger partial charge in [-0.3, -0.25) is 4.79 Å². The van der Waals surface area contributed by atoms with Crippen LogP contribution >= 0.6 is 0 Å². The highest BCUT2D eigenvalue weighted by molar-refractivity contribution is 5.98. The fourth-order valence-corrected chi connectivity index (χ4v) is 1.66. The number of likely N-dealkylation sites (N-methyl/N-ethyl adjacent to an activating group) is 1. The van der Waals surface area contributed by atoms with Gasteiger partial charge in [0.25, 0.3) is 5.91 Å². The molecular weight excluding hydrogens is 249 g/mol. The van der Waals surface area contributed by atoms with Gasteiger partial charge in [-0.25, -0.2) is 9.37 Å². The SMILES string of the molecule is CN(CCOCC1CC1)C(=O)c1cc(F)cnc1N. The van der Waals surface area contributed by atoms with Gasteiger partial charge >= 0.3 is 0 Å². The summed E-state index contributed by atoms with van der Waals surface area (Å²) in [6, 6.07) is 1.10. The summed E-state index contributed by atoms with van der Waals surface area (Å²) in [4.78, 5) is 17.1. The van der Waals surface area contributed by atoms with Crippen molar-refractivity contribution in [1.29, 1.82) is 0 Å². The number of amides is 1. The van der Waals surface area contributed by atoms with Crippen LogP contribution in [-0.4, -0.2) is 42.6 Å². The maximum Gasteiger partial charge on any atom is 0.257 e. The van der Waals surface area contributed by atoms with Gasteiger partial charge in [-0.15, -0.1) is 0 Å². The van der Waals surface area contributed by atoms with Crippen LogP contribution < -0.4 is 5.73 Å². The summed E-state index contributed by atoms with van der Waals surface area (Å²) in [5.74, 6) is -0.184. The minimum Gasteiger partial charge on any atom is -0.383 e. The maximum atomic E-state index is 13.1. The number of hydrogen-bond donors (Lipinski definition) is 1. The van der Waals surface area contributed by atoms with E-state index in [-0.39, 0.29) is 17.3 Å². The Morgan fingerprint density at radius 1 is 1.63 bits per heavy atom. The van der Waals surface area contributed by atoms with Crippen molar-refractivity contribution in [3.05, 3.63) is 23.6 Å². The van der Waals surface area contributed by atoms with Crippen LogP contribution in [0.15, 0.2) is 12.3 Å². The molecule has 0 unspecified atom stereocenters. The Bertz CT molecular complexity index is 463. The van der Waals surface area contributed by atoms with Crippen LogP contribution in [0.3, 0.4) is 0 Å². The lowest BCUT2D eigenvalue weighted by molar-refractivity contribution is 0.0681. The first-order chi connectivity index (χ1) is 9.08. The Hall–Kier alpha value is -1.69. The number of hydrogen-bond acceptors (Lipinski definition) is 4. The molecule has 2 N–H and O–H groups in total. The van der Waals surface area contributed by atoms with E-state index in [9.17, 15) is 9.18 Å². The first kappa shape index (κ1) is 13.7. The number of ether oxygens (including phenoxy) is 1. The quantitative estimate of drug-likeness (QED) is 0.789. The molecule has 1 heterocycles. The number of nitrogens with zero attached hydrogens (tertiary/aromatic N) is 2. The molecule has 1 aliphatic rings. The summed E-state index contributed by atoms with van der Waals surface area (Å²) >= 11 is 0. The largest absolute Gasteiger partial charge is 0.383 e. The number of pyridine rings is 1. The Kier molecular flexibility index (Phi) is 4.31. The number of aromatic nitrogens is 1. The summed E-state index contributed by atoms with van der Waals surface area (Å²) in [5.41, 5.74) is 5.66. The van der Waals surface area contributed by atoms with Crippen LogP contribution in [0.1, 0.15) is 23.2 Å². The van der Waals surface area contributed by atoms with E-state index in [1.165, 1.54) is 17.7 Å². The van der Waals surface area contributed by atoms with Gasteiger partial charge in [-0.05, 0) is 24.8 Å². The molecule has 2 rings (SSSR count). The number of halogens is 1. The lowest BCUT2D eigenvalue weighted by Gasteiger charge is -2.17. The maximum absolute atomic E-state index is 13.1. The number of nitrogen functional groups attached to an aromatic ring is 1. The minimum absolute atomic E-state index is 0.0390. The number of rotatable bonds is 6. The first-order valence-corrected chi connectivity index (χ1v) is 6.32. The summed E-state index contributed by atoms with van der Waals surface area (Å²) in [5, 5.41) is 0. The molecule has 1 aromatic heterocycles. The molecular formula is C13H18FN3O2. The predicted octanol–water partition coefficient (Wildman–Crippen LogP) is 1.30. The third-order valence-electron chi connectivity index (χ3n) is 3.08. The standard InChI is InChI=1S/C13H18FN3O2/c1-17(4-5-19-8-9-2-3-9)13(18)11-6-10(14)7-16-12(11)15/h6-7,9H,2-5,8H2,1H3,(H2,15,16). The molecule has 1 aliphatic carbocycles. The summed E-state index contributed by atoms with van der Waals surface area (Å²) in [6.45, 7) is 1.68. The highest BCUT2D eigenvalue weighted by Gasteiger charge is 2.21. The topological polar surface area (TPSA) is 68.5 Å². The van der Waals surface area contributed by atoms with Gasteiger partial charge in [0.15, 0.2) is 0 Å². The second-order valence-corrected chi connectivity index (χ2v) is 4.83. The molecule has 0 spiro atoms.